The Kier molecular flexibility index (Phi) is 6.38. The molecule has 0 bridgehead atoms. The average molecular weight is 200 g/mol. The molecule has 0 aliphatic carbocycles. The molecule has 1 atom stereocenters. The van der Waals surface area contributed by atoms with Gasteiger partial charge in [0.1, 0.15) is 0 Å². The van der Waals surface area contributed by atoms with E-state index in [1.807, 2.05) is 0 Å². The molecule has 1 aliphatic rings. The van der Waals surface area contributed by atoms with Crippen LogP contribution in [0.4, 0.5) is 0 Å². The van der Waals surface area contributed by atoms with E-state index < -0.39 is 0 Å². The van der Waals surface area contributed by atoms with E-state index in [4.69, 9.17) is 0 Å². The Morgan fingerprint density at radius 1 is 1.14 bits per heavy atom. The third-order valence-corrected chi connectivity index (χ3v) is 2.13. The average Bonchev–Trinajstić information content (AvgIpc) is 2.03. The van der Waals surface area contributed by atoms with Gasteiger partial charge in [0.25, 0.3) is 0 Å². The minimum Gasteiger partial charge on any atom is -0.304 e. The van der Waals surface area contributed by atoms with Crippen LogP contribution >= 0.6 is 0 Å². The summed E-state index contributed by atoms with van der Waals surface area (Å²) in [6, 6.07) is 0.689. The number of nitrogens with one attached hydrogen (secondary N) is 2. The topological polar surface area (TPSA) is 24.1 Å². The zero-order valence-electron chi connectivity index (χ0n) is 10.8. The highest BCUT2D eigenvalue weighted by Crippen LogP contribution is 2.21. The molecule has 0 aromatic rings. The van der Waals surface area contributed by atoms with E-state index in [1.54, 1.807) is 0 Å². The van der Waals surface area contributed by atoms with Crippen molar-refractivity contribution in [1.82, 2.24) is 10.6 Å². The molecule has 0 aromatic heterocycles. The minimum atomic E-state index is 0.419. The maximum atomic E-state index is 3.45. The minimum absolute atomic E-state index is 0.419. The molecule has 86 valence electrons. The van der Waals surface area contributed by atoms with Gasteiger partial charge in [0.2, 0.25) is 0 Å². The first-order valence-electron chi connectivity index (χ1n) is 5.78. The summed E-state index contributed by atoms with van der Waals surface area (Å²) in [5.41, 5.74) is 0.419. The molecule has 1 rings (SSSR count). The van der Waals surface area contributed by atoms with Crippen molar-refractivity contribution < 1.29 is 0 Å². The first kappa shape index (κ1) is 13.9. The maximum Gasteiger partial charge on any atom is 0.0456 e. The molecule has 0 saturated carbocycles. The van der Waals surface area contributed by atoms with Gasteiger partial charge < -0.3 is 10.6 Å². The van der Waals surface area contributed by atoms with Gasteiger partial charge in [-0.1, -0.05) is 41.5 Å². The van der Waals surface area contributed by atoms with Gasteiger partial charge in [-0.3, -0.25) is 0 Å². The molecule has 1 heterocycles. The summed E-state index contributed by atoms with van der Waals surface area (Å²) < 4.78 is 0. The van der Waals surface area contributed by atoms with Gasteiger partial charge in [-0.25, -0.2) is 0 Å². The van der Waals surface area contributed by atoms with E-state index in [-0.39, 0.29) is 0 Å². The third kappa shape index (κ3) is 7.34. The Bertz CT molecular complexity index is 127. The lowest BCUT2D eigenvalue weighted by Gasteiger charge is -2.35. The van der Waals surface area contributed by atoms with Crippen LogP contribution in [0.5, 0.6) is 0 Å². The van der Waals surface area contributed by atoms with Gasteiger partial charge in [-0.2, -0.15) is 0 Å². The molecular weight excluding hydrogens is 172 g/mol. The molecule has 1 fully saturated rings. The molecular formula is C12H28N2. The van der Waals surface area contributed by atoms with Crippen molar-refractivity contribution in [3.63, 3.8) is 0 Å². The van der Waals surface area contributed by atoms with E-state index in [9.17, 15) is 0 Å². The maximum absolute atomic E-state index is 3.45. The van der Waals surface area contributed by atoms with Crippen LogP contribution in [0.2, 0.25) is 0 Å². The summed E-state index contributed by atoms with van der Waals surface area (Å²) in [5.74, 6) is 0.833. The van der Waals surface area contributed by atoms with Crippen LogP contribution in [-0.2, 0) is 0 Å². The van der Waals surface area contributed by atoms with Crippen molar-refractivity contribution in [2.45, 2.75) is 54.0 Å². The lowest BCUT2D eigenvalue weighted by atomic mass is 9.84. The highest BCUT2D eigenvalue weighted by atomic mass is 15.1. The first-order chi connectivity index (χ1) is 6.34. The predicted molar refractivity (Wildman–Crippen MR) is 64.4 cm³/mol. The third-order valence-electron chi connectivity index (χ3n) is 2.13. The highest BCUT2D eigenvalue weighted by molar-refractivity contribution is 4.83. The van der Waals surface area contributed by atoms with Gasteiger partial charge in [-0.05, 0) is 24.3 Å². The van der Waals surface area contributed by atoms with Crippen LogP contribution in [0.3, 0.4) is 0 Å². The van der Waals surface area contributed by atoms with E-state index >= 15 is 0 Å². The normalized spacial score (nSPS) is 22.9. The molecule has 0 radical (unpaired) electrons. The Hall–Kier alpha value is -0.0800. The molecule has 0 amide bonds. The van der Waals surface area contributed by atoms with Crippen molar-refractivity contribution in [2.75, 3.05) is 13.2 Å². The number of hydrogen-bond acceptors (Lipinski definition) is 2. The van der Waals surface area contributed by atoms with Crippen LogP contribution in [0.1, 0.15) is 48.0 Å². The fraction of sp³-hybridized carbons (Fsp3) is 1.00. The van der Waals surface area contributed by atoms with Crippen molar-refractivity contribution in [2.24, 2.45) is 11.3 Å². The van der Waals surface area contributed by atoms with Crippen LogP contribution in [-0.4, -0.2) is 19.3 Å². The molecule has 1 saturated heterocycles. The summed E-state index contributed by atoms with van der Waals surface area (Å²) in [6.07, 6.45) is 1.25. The van der Waals surface area contributed by atoms with E-state index in [2.05, 4.69) is 52.2 Å². The first-order valence-corrected chi connectivity index (χ1v) is 5.78. The Morgan fingerprint density at radius 2 is 1.64 bits per heavy atom. The molecule has 1 aliphatic heterocycles. The Labute approximate surface area is 89.9 Å². The summed E-state index contributed by atoms with van der Waals surface area (Å²) in [4.78, 5) is 0. The molecule has 2 N–H and O–H groups in total. The van der Waals surface area contributed by atoms with Crippen molar-refractivity contribution >= 4 is 0 Å². The van der Waals surface area contributed by atoms with Crippen LogP contribution < -0.4 is 10.6 Å². The fourth-order valence-electron chi connectivity index (χ4n) is 1.37. The predicted octanol–water partition coefficient (Wildman–Crippen LogP) is 2.60. The van der Waals surface area contributed by atoms with Gasteiger partial charge in [0.05, 0.1) is 0 Å². The second-order valence-electron chi connectivity index (χ2n) is 5.82. The Morgan fingerprint density at radius 3 is 1.86 bits per heavy atom. The van der Waals surface area contributed by atoms with E-state index in [1.165, 1.54) is 6.42 Å². The molecule has 0 aromatic carbocycles. The van der Waals surface area contributed by atoms with Gasteiger partial charge >= 0.3 is 0 Å². The standard InChI is InChI=1S/C8H18N2.C4H10/c1-8(2,3)7-4-5-9-6-10-7;1-4(2)3/h7,9-10H,4-6H2,1-3H3;4H,1-3H3. The highest BCUT2D eigenvalue weighted by Gasteiger charge is 2.24. The van der Waals surface area contributed by atoms with Gasteiger partial charge in [0, 0.05) is 12.7 Å². The zero-order chi connectivity index (χ0) is 11.2. The Balaban J connectivity index is 0.000000364. The molecule has 1 unspecified atom stereocenters. The SMILES string of the molecule is CC(C)(C)C1CCNCN1.CC(C)C. The molecule has 14 heavy (non-hydrogen) atoms. The number of rotatable bonds is 0. The molecule has 0 spiro atoms. The van der Waals surface area contributed by atoms with Gasteiger partial charge in [0.15, 0.2) is 0 Å². The lowest BCUT2D eigenvalue weighted by molar-refractivity contribution is 0.223. The van der Waals surface area contributed by atoms with Crippen LogP contribution in [0.25, 0.3) is 0 Å². The summed E-state index contributed by atoms with van der Waals surface area (Å²) >= 11 is 0. The summed E-state index contributed by atoms with van der Waals surface area (Å²) in [5, 5.41) is 6.72. The van der Waals surface area contributed by atoms with Crippen molar-refractivity contribution in [3.05, 3.63) is 0 Å². The quantitative estimate of drug-likeness (QED) is 0.628. The van der Waals surface area contributed by atoms with E-state index in [0.717, 1.165) is 19.1 Å². The number of hydrogen-bond donors (Lipinski definition) is 2. The van der Waals surface area contributed by atoms with E-state index in [0.29, 0.717) is 11.5 Å². The van der Waals surface area contributed by atoms with Crippen molar-refractivity contribution in [1.29, 1.82) is 0 Å². The largest absolute Gasteiger partial charge is 0.304 e. The summed E-state index contributed by atoms with van der Waals surface area (Å²) in [7, 11) is 0. The zero-order valence-corrected chi connectivity index (χ0v) is 10.8. The summed E-state index contributed by atoms with van der Waals surface area (Å²) in [6.45, 7) is 15.5. The second kappa shape index (κ2) is 6.41. The molecule has 2 heteroatoms. The van der Waals surface area contributed by atoms with Crippen LogP contribution in [0, 0.1) is 11.3 Å². The monoisotopic (exact) mass is 200 g/mol. The molecule has 2 nitrogen and oxygen atoms in total. The van der Waals surface area contributed by atoms with Crippen LogP contribution in [0.15, 0.2) is 0 Å². The van der Waals surface area contributed by atoms with Gasteiger partial charge in [-0.15, -0.1) is 0 Å². The van der Waals surface area contributed by atoms with Crippen molar-refractivity contribution in [3.8, 4) is 0 Å². The smallest absolute Gasteiger partial charge is 0.0456 e. The fourth-order valence-corrected chi connectivity index (χ4v) is 1.37. The lowest BCUT2D eigenvalue weighted by Crippen LogP contribution is -2.50. The second-order valence-corrected chi connectivity index (χ2v) is 5.82.